The number of hydrogen-bond donors (Lipinski definition) is 0. The molecule has 0 radical (unpaired) electrons. The molecule has 0 aliphatic carbocycles. The summed E-state index contributed by atoms with van der Waals surface area (Å²) in [7, 11) is -1.70. The van der Waals surface area contributed by atoms with E-state index in [0.29, 0.717) is 0 Å². The Hall–Kier alpha value is -0.620. The fourth-order valence-electron chi connectivity index (χ4n) is 1.33. The monoisotopic (exact) mass is 208 g/mol. The van der Waals surface area contributed by atoms with E-state index in [-0.39, 0.29) is 11.5 Å². The molecule has 0 aromatic heterocycles. The molecule has 2 atom stereocenters. The number of carbonyl (C=O) groups is 1. The Labute approximate surface area is 76.9 Å². The Kier molecular flexibility index (Phi) is 2.92. The van der Waals surface area contributed by atoms with Crippen LogP contribution in [0.1, 0.15) is 6.92 Å². The Morgan fingerprint density at radius 3 is 2.31 bits per heavy atom. The standard InChI is InChI=1S/C7H12O5S/c1-5(8)12-7-4-13(9,10)3-6(7)11-2/h6-7H,3-4H2,1-2H3. The third-order valence-electron chi connectivity index (χ3n) is 1.87. The molecule has 1 aliphatic heterocycles. The summed E-state index contributed by atoms with van der Waals surface area (Å²) in [5, 5.41) is 0. The van der Waals surface area contributed by atoms with Crippen molar-refractivity contribution < 1.29 is 22.7 Å². The van der Waals surface area contributed by atoms with E-state index in [9.17, 15) is 13.2 Å². The predicted molar refractivity (Wildman–Crippen MR) is 45.0 cm³/mol. The first-order valence-electron chi connectivity index (χ1n) is 3.85. The Bertz CT molecular complexity index is 294. The van der Waals surface area contributed by atoms with Gasteiger partial charge in [-0.25, -0.2) is 8.42 Å². The van der Waals surface area contributed by atoms with E-state index < -0.39 is 28.0 Å². The van der Waals surface area contributed by atoms with Gasteiger partial charge in [0.1, 0.15) is 12.2 Å². The molecule has 1 aliphatic rings. The summed E-state index contributed by atoms with van der Waals surface area (Å²) < 4.78 is 32.0. The summed E-state index contributed by atoms with van der Waals surface area (Å²) >= 11 is 0. The molecule has 1 rings (SSSR count). The topological polar surface area (TPSA) is 69.7 Å². The second-order valence-electron chi connectivity index (χ2n) is 3.00. The smallest absolute Gasteiger partial charge is 0.303 e. The lowest BCUT2D eigenvalue weighted by Crippen LogP contribution is -2.30. The molecule has 1 heterocycles. The molecular formula is C7H12O5S. The van der Waals surface area contributed by atoms with Crippen LogP contribution in [0.25, 0.3) is 0 Å². The Balaban J connectivity index is 2.69. The lowest BCUT2D eigenvalue weighted by atomic mass is 10.2. The first kappa shape index (κ1) is 10.5. The van der Waals surface area contributed by atoms with Crippen molar-refractivity contribution in [1.29, 1.82) is 0 Å². The molecule has 0 aromatic carbocycles. The van der Waals surface area contributed by atoms with Crippen molar-refractivity contribution in [2.24, 2.45) is 0 Å². The number of rotatable bonds is 2. The van der Waals surface area contributed by atoms with E-state index in [1.54, 1.807) is 0 Å². The highest BCUT2D eigenvalue weighted by Gasteiger charge is 2.39. The van der Waals surface area contributed by atoms with E-state index in [1.807, 2.05) is 0 Å². The predicted octanol–water partition coefficient (Wildman–Crippen LogP) is -0.639. The third kappa shape index (κ3) is 2.67. The molecule has 0 saturated carbocycles. The summed E-state index contributed by atoms with van der Waals surface area (Å²) in [6.45, 7) is 1.25. The van der Waals surface area contributed by atoms with Crippen LogP contribution in [-0.2, 0) is 24.1 Å². The second-order valence-corrected chi connectivity index (χ2v) is 5.15. The van der Waals surface area contributed by atoms with Gasteiger partial charge in [0.2, 0.25) is 0 Å². The van der Waals surface area contributed by atoms with E-state index >= 15 is 0 Å². The van der Waals surface area contributed by atoms with Gasteiger partial charge in [-0.05, 0) is 0 Å². The molecule has 6 heteroatoms. The van der Waals surface area contributed by atoms with Crippen molar-refractivity contribution in [3.63, 3.8) is 0 Å². The SMILES string of the molecule is COC1CS(=O)(=O)CC1OC(C)=O. The van der Waals surface area contributed by atoms with Crippen molar-refractivity contribution in [1.82, 2.24) is 0 Å². The van der Waals surface area contributed by atoms with Crippen LogP contribution in [0.5, 0.6) is 0 Å². The maximum Gasteiger partial charge on any atom is 0.303 e. The molecule has 0 spiro atoms. The van der Waals surface area contributed by atoms with E-state index in [4.69, 9.17) is 9.47 Å². The zero-order valence-corrected chi connectivity index (χ0v) is 8.33. The lowest BCUT2D eigenvalue weighted by Gasteiger charge is -2.15. The summed E-state index contributed by atoms with van der Waals surface area (Å²) in [5.74, 6) is -0.684. The van der Waals surface area contributed by atoms with Gasteiger partial charge in [-0.1, -0.05) is 0 Å². The minimum absolute atomic E-state index is 0.0680. The maximum absolute atomic E-state index is 11.1. The van der Waals surface area contributed by atoms with Crippen LogP contribution >= 0.6 is 0 Å². The van der Waals surface area contributed by atoms with Gasteiger partial charge in [-0.3, -0.25) is 4.79 Å². The summed E-state index contributed by atoms with van der Waals surface area (Å²) in [6.07, 6.45) is -1.17. The van der Waals surface area contributed by atoms with Crippen LogP contribution in [0.4, 0.5) is 0 Å². The lowest BCUT2D eigenvalue weighted by molar-refractivity contribution is -0.150. The van der Waals surface area contributed by atoms with Crippen LogP contribution in [0, 0.1) is 0 Å². The largest absolute Gasteiger partial charge is 0.459 e. The van der Waals surface area contributed by atoms with Gasteiger partial charge < -0.3 is 9.47 Å². The number of sulfone groups is 1. The molecule has 0 bridgehead atoms. The van der Waals surface area contributed by atoms with Crippen LogP contribution in [0.15, 0.2) is 0 Å². The van der Waals surface area contributed by atoms with Crippen LogP contribution < -0.4 is 0 Å². The second kappa shape index (κ2) is 3.63. The van der Waals surface area contributed by atoms with Gasteiger partial charge in [-0.2, -0.15) is 0 Å². The zero-order valence-electron chi connectivity index (χ0n) is 7.52. The highest BCUT2D eigenvalue weighted by molar-refractivity contribution is 7.91. The molecule has 1 fully saturated rings. The van der Waals surface area contributed by atoms with Gasteiger partial charge in [0, 0.05) is 14.0 Å². The van der Waals surface area contributed by atoms with Crippen LogP contribution in [0.2, 0.25) is 0 Å². The average molecular weight is 208 g/mol. The summed E-state index contributed by atoms with van der Waals surface area (Å²) in [6, 6.07) is 0. The molecule has 13 heavy (non-hydrogen) atoms. The number of methoxy groups -OCH3 is 1. The van der Waals surface area contributed by atoms with Crippen molar-refractivity contribution >= 4 is 15.8 Å². The molecular weight excluding hydrogens is 196 g/mol. The minimum Gasteiger partial charge on any atom is -0.459 e. The normalized spacial score (nSPS) is 31.5. The molecule has 0 aromatic rings. The van der Waals surface area contributed by atoms with Gasteiger partial charge in [0.25, 0.3) is 0 Å². The van der Waals surface area contributed by atoms with Crippen molar-refractivity contribution in [2.45, 2.75) is 19.1 Å². The van der Waals surface area contributed by atoms with E-state index in [1.165, 1.54) is 14.0 Å². The molecule has 2 unspecified atom stereocenters. The Morgan fingerprint density at radius 2 is 1.85 bits per heavy atom. The van der Waals surface area contributed by atoms with E-state index in [2.05, 4.69) is 0 Å². The van der Waals surface area contributed by atoms with Crippen molar-refractivity contribution in [3.8, 4) is 0 Å². The highest BCUT2D eigenvalue weighted by Crippen LogP contribution is 2.18. The quantitative estimate of drug-likeness (QED) is 0.565. The van der Waals surface area contributed by atoms with Gasteiger partial charge in [0.15, 0.2) is 9.84 Å². The fourth-order valence-corrected chi connectivity index (χ4v) is 3.10. The molecule has 1 saturated heterocycles. The van der Waals surface area contributed by atoms with Gasteiger partial charge in [0.05, 0.1) is 11.5 Å². The third-order valence-corrected chi connectivity index (χ3v) is 3.54. The Morgan fingerprint density at radius 1 is 1.31 bits per heavy atom. The van der Waals surface area contributed by atoms with Gasteiger partial charge in [-0.15, -0.1) is 0 Å². The molecule has 76 valence electrons. The van der Waals surface area contributed by atoms with Crippen LogP contribution in [0.3, 0.4) is 0 Å². The highest BCUT2D eigenvalue weighted by atomic mass is 32.2. The summed E-state index contributed by atoms with van der Waals surface area (Å²) in [5.41, 5.74) is 0. The first-order valence-corrected chi connectivity index (χ1v) is 5.67. The minimum atomic E-state index is -3.10. The number of ether oxygens (including phenoxy) is 2. The van der Waals surface area contributed by atoms with Crippen molar-refractivity contribution in [3.05, 3.63) is 0 Å². The summed E-state index contributed by atoms with van der Waals surface area (Å²) in [4.78, 5) is 10.6. The van der Waals surface area contributed by atoms with E-state index in [0.717, 1.165) is 0 Å². The molecule has 0 N–H and O–H groups in total. The first-order chi connectivity index (χ1) is 5.94. The zero-order chi connectivity index (χ0) is 10.1. The van der Waals surface area contributed by atoms with Crippen molar-refractivity contribution in [2.75, 3.05) is 18.6 Å². The average Bonchev–Trinajstić information content (AvgIpc) is 2.24. The number of esters is 1. The van der Waals surface area contributed by atoms with Gasteiger partial charge >= 0.3 is 5.97 Å². The molecule has 0 amide bonds. The maximum atomic E-state index is 11.1. The molecule has 5 nitrogen and oxygen atoms in total. The fraction of sp³-hybridized carbons (Fsp3) is 0.857. The van der Waals surface area contributed by atoms with Crippen LogP contribution in [-0.4, -0.2) is 45.2 Å². The number of carbonyl (C=O) groups excluding carboxylic acids is 1. The number of hydrogen-bond acceptors (Lipinski definition) is 5.